The summed E-state index contributed by atoms with van der Waals surface area (Å²) in [5.74, 6) is -0.276. The van der Waals surface area contributed by atoms with Crippen LogP contribution in [0.25, 0.3) is 0 Å². The van der Waals surface area contributed by atoms with Crippen LogP contribution in [-0.4, -0.2) is 12.2 Å². The smallest absolute Gasteiger partial charge is 0.184 e. The highest BCUT2D eigenvalue weighted by molar-refractivity contribution is 5.17. The second kappa shape index (κ2) is 5.97. The van der Waals surface area contributed by atoms with Gasteiger partial charge in [-0.3, -0.25) is 0 Å². The molecule has 0 fully saturated rings. The zero-order chi connectivity index (χ0) is 12.1. The number of benzene rings is 1. The van der Waals surface area contributed by atoms with Gasteiger partial charge in [0.2, 0.25) is 0 Å². The lowest BCUT2D eigenvalue weighted by atomic mass is 10.2. The van der Waals surface area contributed by atoms with Crippen molar-refractivity contribution in [3.05, 3.63) is 35.6 Å². The molecule has 0 aliphatic carbocycles. The van der Waals surface area contributed by atoms with E-state index in [4.69, 9.17) is 9.47 Å². The highest BCUT2D eigenvalue weighted by Gasteiger charge is 2.16. The van der Waals surface area contributed by atoms with Gasteiger partial charge in [-0.25, -0.2) is 4.39 Å². The monoisotopic (exact) mass is 226 g/mol. The molecule has 0 saturated carbocycles. The van der Waals surface area contributed by atoms with Gasteiger partial charge in [0, 0.05) is 5.56 Å². The molecule has 0 unspecified atom stereocenters. The van der Waals surface area contributed by atoms with Gasteiger partial charge >= 0.3 is 0 Å². The maximum absolute atomic E-state index is 13.1. The third kappa shape index (κ3) is 4.29. The van der Waals surface area contributed by atoms with Crippen LogP contribution in [0.5, 0.6) is 0 Å². The van der Waals surface area contributed by atoms with E-state index < -0.39 is 6.29 Å². The highest BCUT2D eigenvalue weighted by Crippen LogP contribution is 2.22. The topological polar surface area (TPSA) is 18.5 Å². The molecule has 0 radical (unpaired) electrons. The number of hydrogen-bond donors (Lipinski definition) is 0. The SMILES string of the molecule is CC(C)OC(OC(C)C)c1cccc(F)c1. The zero-order valence-electron chi connectivity index (χ0n) is 10.2. The van der Waals surface area contributed by atoms with Crippen molar-refractivity contribution in [2.75, 3.05) is 0 Å². The summed E-state index contributed by atoms with van der Waals surface area (Å²) < 4.78 is 24.3. The molecule has 1 rings (SSSR count). The van der Waals surface area contributed by atoms with Gasteiger partial charge in [0.25, 0.3) is 0 Å². The second-order valence-electron chi connectivity index (χ2n) is 4.26. The Bertz CT molecular complexity index is 313. The van der Waals surface area contributed by atoms with Crippen LogP contribution in [0, 0.1) is 5.82 Å². The average Bonchev–Trinajstić information content (AvgIpc) is 2.15. The summed E-state index contributed by atoms with van der Waals surface area (Å²) >= 11 is 0. The molecule has 0 heterocycles. The van der Waals surface area contributed by atoms with E-state index in [1.807, 2.05) is 27.7 Å². The summed E-state index contributed by atoms with van der Waals surface area (Å²) in [7, 11) is 0. The van der Waals surface area contributed by atoms with Crippen LogP contribution in [0.2, 0.25) is 0 Å². The standard InChI is InChI=1S/C13H19FO2/c1-9(2)15-13(16-10(3)4)11-6-5-7-12(14)8-11/h5-10,13H,1-4H3. The largest absolute Gasteiger partial charge is 0.346 e. The lowest BCUT2D eigenvalue weighted by Crippen LogP contribution is -2.17. The number of hydrogen-bond acceptors (Lipinski definition) is 2. The van der Waals surface area contributed by atoms with E-state index in [2.05, 4.69) is 0 Å². The van der Waals surface area contributed by atoms with E-state index >= 15 is 0 Å². The van der Waals surface area contributed by atoms with Gasteiger partial charge in [-0.1, -0.05) is 12.1 Å². The molecular formula is C13H19FO2. The molecule has 1 aromatic rings. The molecule has 0 saturated heterocycles. The summed E-state index contributed by atoms with van der Waals surface area (Å²) in [5.41, 5.74) is 0.711. The Hall–Kier alpha value is -0.930. The third-order valence-electron chi connectivity index (χ3n) is 1.91. The van der Waals surface area contributed by atoms with Crippen LogP contribution in [0.4, 0.5) is 4.39 Å². The van der Waals surface area contributed by atoms with Crippen LogP contribution >= 0.6 is 0 Å². The molecule has 0 amide bonds. The fourth-order valence-corrected chi connectivity index (χ4v) is 1.34. The van der Waals surface area contributed by atoms with Gasteiger partial charge in [-0.2, -0.15) is 0 Å². The van der Waals surface area contributed by atoms with Crippen LogP contribution in [0.1, 0.15) is 39.5 Å². The Balaban J connectivity index is 2.82. The molecule has 2 nitrogen and oxygen atoms in total. The van der Waals surface area contributed by atoms with Crippen LogP contribution in [-0.2, 0) is 9.47 Å². The van der Waals surface area contributed by atoms with Crippen molar-refractivity contribution in [2.24, 2.45) is 0 Å². The van der Waals surface area contributed by atoms with Crippen molar-refractivity contribution < 1.29 is 13.9 Å². The van der Waals surface area contributed by atoms with Crippen molar-refractivity contribution >= 4 is 0 Å². The summed E-state index contributed by atoms with van der Waals surface area (Å²) in [6.07, 6.45) is -0.435. The van der Waals surface area contributed by atoms with Crippen LogP contribution in [0.3, 0.4) is 0 Å². The van der Waals surface area contributed by atoms with Crippen LogP contribution in [0.15, 0.2) is 24.3 Å². The predicted octanol–water partition coefficient (Wildman–Crippen LogP) is 3.67. The minimum Gasteiger partial charge on any atom is -0.346 e. The molecule has 0 spiro atoms. The summed E-state index contributed by atoms with van der Waals surface area (Å²) in [6, 6.07) is 6.31. The molecule has 0 aromatic heterocycles. The van der Waals surface area contributed by atoms with Crippen molar-refractivity contribution in [1.29, 1.82) is 0 Å². The third-order valence-corrected chi connectivity index (χ3v) is 1.91. The minimum absolute atomic E-state index is 0.0343. The van der Waals surface area contributed by atoms with Gasteiger partial charge in [0.1, 0.15) is 5.82 Å². The zero-order valence-corrected chi connectivity index (χ0v) is 10.2. The van der Waals surface area contributed by atoms with Crippen molar-refractivity contribution in [3.63, 3.8) is 0 Å². The Morgan fingerprint density at radius 2 is 1.56 bits per heavy atom. The molecular weight excluding hydrogens is 207 g/mol. The van der Waals surface area contributed by atoms with Crippen LogP contribution < -0.4 is 0 Å². The molecule has 0 aliphatic rings. The number of rotatable bonds is 5. The van der Waals surface area contributed by atoms with E-state index in [1.165, 1.54) is 12.1 Å². The van der Waals surface area contributed by atoms with Gasteiger partial charge in [-0.15, -0.1) is 0 Å². The maximum Gasteiger partial charge on any atom is 0.184 e. The van der Waals surface area contributed by atoms with Gasteiger partial charge in [0.15, 0.2) is 6.29 Å². The molecule has 3 heteroatoms. The fourth-order valence-electron chi connectivity index (χ4n) is 1.34. The van der Waals surface area contributed by atoms with E-state index in [1.54, 1.807) is 12.1 Å². The summed E-state index contributed by atoms with van der Waals surface area (Å²) in [4.78, 5) is 0. The van der Waals surface area contributed by atoms with Crippen molar-refractivity contribution in [2.45, 2.75) is 46.2 Å². The van der Waals surface area contributed by atoms with Gasteiger partial charge in [0.05, 0.1) is 12.2 Å². The minimum atomic E-state index is -0.504. The van der Waals surface area contributed by atoms with E-state index in [0.717, 1.165) is 0 Å². The molecule has 16 heavy (non-hydrogen) atoms. The Kier molecular flexibility index (Phi) is 4.90. The first-order chi connectivity index (χ1) is 7.49. The molecule has 1 aromatic carbocycles. The van der Waals surface area contributed by atoms with E-state index in [0.29, 0.717) is 5.56 Å². The summed E-state index contributed by atoms with van der Waals surface area (Å²) in [5, 5.41) is 0. The molecule has 90 valence electrons. The molecule has 0 bridgehead atoms. The second-order valence-corrected chi connectivity index (χ2v) is 4.26. The Labute approximate surface area is 96.4 Å². The number of ether oxygens (including phenoxy) is 2. The Morgan fingerprint density at radius 1 is 1.00 bits per heavy atom. The number of halogens is 1. The van der Waals surface area contributed by atoms with Crippen molar-refractivity contribution in [1.82, 2.24) is 0 Å². The molecule has 0 N–H and O–H groups in total. The van der Waals surface area contributed by atoms with Gasteiger partial charge < -0.3 is 9.47 Å². The Morgan fingerprint density at radius 3 is 2.00 bits per heavy atom. The lowest BCUT2D eigenvalue weighted by Gasteiger charge is -2.23. The van der Waals surface area contributed by atoms with E-state index in [-0.39, 0.29) is 18.0 Å². The average molecular weight is 226 g/mol. The predicted molar refractivity (Wildman–Crippen MR) is 61.6 cm³/mol. The normalized spacial score (nSPS) is 11.8. The van der Waals surface area contributed by atoms with E-state index in [9.17, 15) is 4.39 Å². The fraction of sp³-hybridized carbons (Fsp3) is 0.538. The molecule has 0 aliphatic heterocycles. The first-order valence-corrected chi connectivity index (χ1v) is 5.55. The molecule has 0 atom stereocenters. The van der Waals surface area contributed by atoms with Gasteiger partial charge in [-0.05, 0) is 39.8 Å². The maximum atomic E-state index is 13.1. The lowest BCUT2D eigenvalue weighted by molar-refractivity contribution is -0.185. The summed E-state index contributed by atoms with van der Waals surface area (Å²) in [6.45, 7) is 7.71. The van der Waals surface area contributed by atoms with Crippen molar-refractivity contribution in [3.8, 4) is 0 Å². The first-order valence-electron chi connectivity index (χ1n) is 5.55. The quantitative estimate of drug-likeness (QED) is 0.713. The first kappa shape index (κ1) is 13.1. The highest BCUT2D eigenvalue weighted by atomic mass is 19.1.